The third kappa shape index (κ3) is 7.26. The molecule has 1 N–H and O–H groups in total. The summed E-state index contributed by atoms with van der Waals surface area (Å²) in [6.07, 6.45) is 2.97. The van der Waals surface area contributed by atoms with Crippen LogP contribution in [0.5, 0.6) is 11.5 Å². The van der Waals surface area contributed by atoms with Gasteiger partial charge in [-0.15, -0.1) is 0 Å². The molecule has 3 aromatic carbocycles. The third-order valence-electron chi connectivity index (χ3n) is 5.48. The third-order valence-corrected chi connectivity index (χ3v) is 6.81. The molecular weight excluding hydrogens is 652 g/mol. The molecule has 8 nitrogen and oxygen atoms in total. The summed E-state index contributed by atoms with van der Waals surface area (Å²) in [7, 11) is 0. The second-order valence-corrected chi connectivity index (χ2v) is 10.6. The van der Waals surface area contributed by atoms with Gasteiger partial charge in [-0.2, -0.15) is 9.78 Å². The monoisotopic (exact) mass is 674 g/mol. The molecule has 39 heavy (non-hydrogen) atoms. The zero-order valence-corrected chi connectivity index (χ0v) is 25.1. The maximum atomic E-state index is 13.3. The number of anilines is 1. The second-order valence-electron chi connectivity index (χ2n) is 8.41. The van der Waals surface area contributed by atoms with Gasteiger partial charge in [0.05, 0.1) is 28.2 Å². The van der Waals surface area contributed by atoms with Crippen molar-refractivity contribution in [3.63, 3.8) is 0 Å². The average molecular weight is 677 g/mol. The highest BCUT2D eigenvalue weighted by atomic mass is 79.9. The van der Waals surface area contributed by atoms with E-state index in [9.17, 15) is 9.59 Å². The molecule has 4 aromatic rings. The molecule has 0 saturated heterocycles. The van der Waals surface area contributed by atoms with Gasteiger partial charge < -0.3 is 14.8 Å². The van der Waals surface area contributed by atoms with E-state index in [-0.39, 0.29) is 18.1 Å². The minimum absolute atomic E-state index is 0.233. The van der Waals surface area contributed by atoms with E-state index in [2.05, 4.69) is 47.3 Å². The van der Waals surface area contributed by atoms with Crippen LogP contribution < -0.4 is 20.3 Å². The van der Waals surface area contributed by atoms with Gasteiger partial charge in [-0.1, -0.05) is 34.5 Å². The first kappa shape index (κ1) is 28.8. The van der Waals surface area contributed by atoms with Crippen molar-refractivity contribution in [2.75, 3.05) is 18.5 Å². The molecule has 0 atom stereocenters. The SMILES string of the molecule is CCCc1nc2ccc(Br)cc2c(=O)n1N=Cc1cc(Br)c(OCC(=O)Nc2ccc(Cl)cc2)c(OCC)c1. The van der Waals surface area contributed by atoms with Crippen molar-refractivity contribution >= 4 is 72.2 Å². The van der Waals surface area contributed by atoms with Gasteiger partial charge in [0.1, 0.15) is 5.82 Å². The van der Waals surface area contributed by atoms with Crippen LogP contribution in [-0.2, 0) is 11.2 Å². The average Bonchev–Trinajstić information content (AvgIpc) is 2.90. The molecule has 0 bridgehead atoms. The number of benzene rings is 3. The Morgan fingerprint density at radius 3 is 2.59 bits per heavy atom. The quantitative estimate of drug-likeness (QED) is 0.186. The van der Waals surface area contributed by atoms with Gasteiger partial charge >= 0.3 is 0 Å². The lowest BCUT2D eigenvalue weighted by Crippen LogP contribution is -2.22. The fourth-order valence-electron chi connectivity index (χ4n) is 3.76. The molecule has 0 aliphatic rings. The van der Waals surface area contributed by atoms with Crippen molar-refractivity contribution in [2.24, 2.45) is 5.10 Å². The van der Waals surface area contributed by atoms with E-state index >= 15 is 0 Å². The number of ether oxygens (including phenoxy) is 2. The predicted molar refractivity (Wildman–Crippen MR) is 162 cm³/mol. The molecule has 11 heteroatoms. The van der Waals surface area contributed by atoms with E-state index in [4.69, 9.17) is 21.1 Å². The van der Waals surface area contributed by atoms with E-state index in [1.54, 1.807) is 48.7 Å². The van der Waals surface area contributed by atoms with Gasteiger partial charge in [-0.25, -0.2) is 4.98 Å². The number of hydrogen-bond acceptors (Lipinski definition) is 6. The fraction of sp³-hybridized carbons (Fsp3) is 0.214. The van der Waals surface area contributed by atoms with Crippen LogP contribution in [0.15, 0.2) is 73.4 Å². The van der Waals surface area contributed by atoms with E-state index in [1.165, 1.54) is 4.68 Å². The van der Waals surface area contributed by atoms with E-state index in [1.807, 2.05) is 26.0 Å². The highest BCUT2D eigenvalue weighted by Crippen LogP contribution is 2.36. The van der Waals surface area contributed by atoms with E-state index < -0.39 is 0 Å². The Kier molecular flexibility index (Phi) is 9.77. The molecule has 4 rings (SSSR count). The number of fused-ring (bicyclic) bond motifs is 1. The zero-order chi connectivity index (χ0) is 27.9. The summed E-state index contributed by atoms with van der Waals surface area (Å²) in [5, 5.41) is 8.29. The number of carbonyl (C=O) groups is 1. The first-order valence-electron chi connectivity index (χ1n) is 12.2. The van der Waals surface area contributed by atoms with Gasteiger partial charge in [0.25, 0.3) is 11.5 Å². The summed E-state index contributed by atoms with van der Waals surface area (Å²) in [5.41, 5.74) is 1.64. The number of hydrogen-bond donors (Lipinski definition) is 1. The molecule has 1 heterocycles. The van der Waals surface area contributed by atoms with Crippen LogP contribution >= 0.6 is 43.5 Å². The summed E-state index contributed by atoms with van der Waals surface area (Å²) in [6, 6.07) is 15.7. The largest absolute Gasteiger partial charge is 0.490 e. The second kappa shape index (κ2) is 13.2. The maximum Gasteiger partial charge on any atom is 0.282 e. The lowest BCUT2D eigenvalue weighted by Gasteiger charge is -2.15. The van der Waals surface area contributed by atoms with Crippen LogP contribution in [0.2, 0.25) is 5.02 Å². The topological polar surface area (TPSA) is 94.8 Å². The molecule has 0 aliphatic carbocycles. The van der Waals surface area contributed by atoms with Crippen LogP contribution in [0.1, 0.15) is 31.7 Å². The van der Waals surface area contributed by atoms with Crippen LogP contribution in [-0.4, -0.2) is 35.0 Å². The predicted octanol–water partition coefficient (Wildman–Crippen LogP) is 6.83. The highest BCUT2D eigenvalue weighted by molar-refractivity contribution is 9.10. The Bertz CT molecular complexity index is 1590. The number of nitrogens with zero attached hydrogens (tertiary/aromatic N) is 3. The Labute approximate surface area is 247 Å². The Morgan fingerprint density at radius 1 is 1.10 bits per heavy atom. The Hall–Kier alpha value is -3.21. The molecule has 0 fully saturated rings. The number of amides is 1. The molecule has 0 spiro atoms. The lowest BCUT2D eigenvalue weighted by molar-refractivity contribution is -0.118. The van der Waals surface area contributed by atoms with E-state index in [0.29, 0.717) is 62.0 Å². The number of aromatic nitrogens is 2. The highest BCUT2D eigenvalue weighted by Gasteiger charge is 2.15. The minimum Gasteiger partial charge on any atom is -0.490 e. The van der Waals surface area contributed by atoms with Crippen molar-refractivity contribution in [3.8, 4) is 11.5 Å². The van der Waals surface area contributed by atoms with Crippen LogP contribution in [0.4, 0.5) is 5.69 Å². The fourth-order valence-corrected chi connectivity index (χ4v) is 4.82. The molecule has 0 unspecified atom stereocenters. The van der Waals surface area contributed by atoms with Gasteiger partial charge in [-0.05, 0) is 89.4 Å². The summed E-state index contributed by atoms with van der Waals surface area (Å²) in [5.74, 6) is 1.04. The molecule has 1 amide bonds. The molecule has 1 aromatic heterocycles. The molecule has 0 radical (unpaired) electrons. The Balaban J connectivity index is 1.59. The maximum absolute atomic E-state index is 13.3. The number of aryl methyl sites for hydroxylation is 1. The number of carbonyl (C=O) groups excluding carboxylic acids is 1. The van der Waals surface area contributed by atoms with Crippen LogP contribution in [0.3, 0.4) is 0 Å². The van der Waals surface area contributed by atoms with Crippen molar-refractivity contribution in [1.29, 1.82) is 0 Å². The molecule has 202 valence electrons. The smallest absolute Gasteiger partial charge is 0.282 e. The van der Waals surface area contributed by atoms with Crippen LogP contribution in [0.25, 0.3) is 10.9 Å². The van der Waals surface area contributed by atoms with Gasteiger partial charge in [-0.3, -0.25) is 9.59 Å². The van der Waals surface area contributed by atoms with Gasteiger partial charge in [0, 0.05) is 21.6 Å². The van der Waals surface area contributed by atoms with Crippen molar-refractivity contribution in [1.82, 2.24) is 9.66 Å². The van der Waals surface area contributed by atoms with E-state index in [0.717, 1.165) is 10.9 Å². The summed E-state index contributed by atoms with van der Waals surface area (Å²) in [6.45, 7) is 4.01. The lowest BCUT2D eigenvalue weighted by atomic mass is 10.2. The van der Waals surface area contributed by atoms with Crippen molar-refractivity contribution < 1.29 is 14.3 Å². The first-order valence-corrected chi connectivity index (χ1v) is 14.2. The van der Waals surface area contributed by atoms with Gasteiger partial charge in [0.2, 0.25) is 0 Å². The Morgan fingerprint density at radius 2 is 1.87 bits per heavy atom. The summed E-state index contributed by atoms with van der Waals surface area (Å²) >= 11 is 12.8. The molecule has 0 aliphatic heterocycles. The number of nitrogens with one attached hydrogen (secondary N) is 1. The standard InChI is InChI=1S/C28H25Br2ClN4O4/c1-3-5-25-34-23-11-6-18(29)14-21(23)28(37)35(25)32-15-17-12-22(30)27(24(13-17)38-4-2)39-16-26(36)33-20-9-7-19(31)8-10-20/h6-15H,3-5,16H2,1-2H3,(H,33,36). The first-order chi connectivity index (χ1) is 18.8. The van der Waals surface area contributed by atoms with Crippen molar-refractivity contribution in [3.05, 3.63) is 90.3 Å². The normalized spacial score (nSPS) is 11.2. The van der Waals surface area contributed by atoms with Crippen LogP contribution in [0, 0.1) is 0 Å². The van der Waals surface area contributed by atoms with Crippen molar-refractivity contribution in [2.45, 2.75) is 26.7 Å². The molecule has 0 saturated carbocycles. The summed E-state index contributed by atoms with van der Waals surface area (Å²) < 4.78 is 14.3. The zero-order valence-electron chi connectivity index (χ0n) is 21.2. The molecular formula is C28H25Br2ClN4O4. The van der Waals surface area contributed by atoms with Gasteiger partial charge in [0.15, 0.2) is 18.1 Å². The minimum atomic E-state index is -0.337. The number of rotatable bonds is 10. The number of halogens is 3. The summed E-state index contributed by atoms with van der Waals surface area (Å²) in [4.78, 5) is 30.4.